The first-order valence-electron chi connectivity index (χ1n) is 11.4. The Hall–Kier alpha value is -4.34. The van der Waals surface area contributed by atoms with Gasteiger partial charge in [0.15, 0.2) is 0 Å². The molecule has 0 radical (unpaired) electrons. The van der Waals surface area contributed by atoms with Crippen LogP contribution in [0.4, 0.5) is 9.59 Å². The first kappa shape index (κ1) is 27.9. The van der Waals surface area contributed by atoms with Gasteiger partial charge in [0.1, 0.15) is 0 Å². The van der Waals surface area contributed by atoms with Gasteiger partial charge in [0.2, 0.25) is 0 Å². The van der Waals surface area contributed by atoms with Gasteiger partial charge in [-0.3, -0.25) is 0 Å². The summed E-state index contributed by atoms with van der Waals surface area (Å²) in [6, 6.07) is 18.8. The van der Waals surface area contributed by atoms with Gasteiger partial charge in [0.05, 0.1) is 26.4 Å². The van der Waals surface area contributed by atoms with Gasteiger partial charge in [-0.1, -0.05) is 60.7 Å². The van der Waals surface area contributed by atoms with E-state index in [2.05, 4.69) is 10.6 Å². The molecule has 0 heterocycles. The van der Waals surface area contributed by atoms with Crippen LogP contribution in [-0.2, 0) is 41.6 Å². The molecular formula is C26H30N2O8. The summed E-state index contributed by atoms with van der Waals surface area (Å²) < 4.78 is 19.8. The van der Waals surface area contributed by atoms with Crippen LogP contribution in [0, 0.1) is 0 Å². The fraction of sp³-hybridized carbons (Fsp3) is 0.308. The summed E-state index contributed by atoms with van der Waals surface area (Å²) in [5, 5.41) is 5.23. The maximum Gasteiger partial charge on any atom is 0.407 e. The molecule has 10 heteroatoms. The maximum atomic E-state index is 11.6. The van der Waals surface area contributed by atoms with Gasteiger partial charge >= 0.3 is 24.1 Å². The highest BCUT2D eigenvalue weighted by Gasteiger charge is 2.05. The number of esters is 2. The minimum absolute atomic E-state index is 0.0217. The van der Waals surface area contributed by atoms with E-state index in [0.717, 1.165) is 23.3 Å². The van der Waals surface area contributed by atoms with Crippen molar-refractivity contribution >= 4 is 24.1 Å². The van der Waals surface area contributed by atoms with Crippen molar-refractivity contribution in [2.75, 3.05) is 26.4 Å². The van der Waals surface area contributed by atoms with Crippen molar-refractivity contribution < 1.29 is 38.1 Å². The molecule has 36 heavy (non-hydrogen) atoms. The quantitative estimate of drug-likeness (QED) is 0.176. The van der Waals surface area contributed by atoms with Crippen LogP contribution in [0.15, 0.2) is 72.8 Å². The monoisotopic (exact) mass is 498 g/mol. The zero-order valence-corrected chi connectivity index (χ0v) is 19.9. The number of hydrogen-bond donors (Lipinski definition) is 2. The molecule has 0 bridgehead atoms. The Labute approximate surface area is 209 Å². The lowest BCUT2D eigenvalue weighted by Gasteiger charge is -2.07. The van der Waals surface area contributed by atoms with Gasteiger partial charge in [0.25, 0.3) is 0 Å². The van der Waals surface area contributed by atoms with Crippen molar-refractivity contribution in [3.63, 3.8) is 0 Å². The highest BCUT2D eigenvalue weighted by molar-refractivity contribution is 5.91. The van der Waals surface area contributed by atoms with E-state index < -0.39 is 24.1 Å². The first-order valence-corrected chi connectivity index (χ1v) is 11.4. The van der Waals surface area contributed by atoms with Crippen molar-refractivity contribution in [1.29, 1.82) is 0 Å². The Kier molecular flexibility index (Phi) is 13.3. The Morgan fingerprint density at radius 3 is 1.31 bits per heavy atom. The summed E-state index contributed by atoms with van der Waals surface area (Å²) in [6.07, 6.45) is 1.38. The van der Waals surface area contributed by atoms with Crippen LogP contribution in [-0.4, -0.2) is 50.6 Å². The Bertz CT molecular complexity index is 900. The van der Waals surface area contributed by atoms with Crippen molar-refractivity contribution in [2.24, 2.45) is 0 Å². The summed E-state index contributed by atoms with van der Waals surface area (Å²) in [5.41, 5.74) is 1.90. The average molecular weight is 499 g/mol. The smallest absolute Gasteiger partial charge is 0.407 e. The minimum Gasteiger partial charge on any atom is -0.462 e. The maximum absolute atomic E-state index is 11.6. The molecule has 0 aliphatic heterocycles. The van der Waals surface area contributed by atoms with E-state index in [1.54, 1.807) is 0 Å². The number of nitrogens with one attached hydrogen (secondary N) is 2. The summed E-state index contributed by atoms with van der Waals surface area (Å²) in [5.74, 6) is -1.45. The van der Waals surface area contributed by atoms with Crippen LogP contribution < -0.4 is 10.6 Å². The number of rotatable bonds is 14. The standard InChI is InChI=1S/C26H30N2O8/c29-23(33-15-7-17-35-25(31)27-19-21-9-3-1-4-10-21)13-14-24(30)34-16-8-18-36-26(32)28-20-22-11-5-2-6-12-22/h1-6,9-14H,7-8,15-20H2,(H,27,31)(H,28,32)/b14-13+. The molecular weight excluding hydrogens is 468 g/mol. The van der Waals surface area contributed by atoms with Crippen molar-refractivity contribution in [3.8, 4) is 0 Å². The van der Waals surface area contributed by atoms with Gasteiger partial charge in [-0.15, -0.1) is 0 Å². The molecule has 0 unspecified atom stereocenters. The van der Waals surface area contributed by atoms with E-state index in [1.807, 2.05) is 60.7 Å². The predicted molar refractivity (Wildman–Crippen MR) is 130 cm³/mol. The normalized spacial score (nSPS) is 10.3. The zero-order chi connectivity index (χ0) is 25.8. The zero-order valence-electron chi connectivity index (χ0n) is 19.9. The largest absolute Gasteiger partial charge is 0.462 e. The van der Waals surface area contributed by atoms with Crippen molar-refractivity contribution in [2.45, 2.75) is 25.9 Å². The lowest BCUT2D eigenvalue weighted by molar-refractivity contribution is -0.140. The fourth-order valence-electron chi connectivity index (χ4n) is 2.67. The highest BCUT2D eigenvalue weighted by atomic mass is 16.6. The molecule has 0 aliphatic carbocycles. The molecule has 0 saturated carbocycles. The molecule has 0 aromatic heterocycles. The molecule has 0 aliphatic rings. The molecule has 0 atom stereocenters. The lowest BCUT2D eigenvalue weighted by atomic mass is 10.2. The molecule has 2 amide bonds. The van der Waals surface area contributed by atoms with Gasteiger partial charge in [-0.2, -0.15) is 0 Å². The van der Waals surface area contributed by atoms with E-state index in [0.29, 0.717) is 25.9 Å². The third-order valence-corrected chi connectivity index (χ3v) is 4.45. The van der Waals surface area contributed by atoms with Crippen LogP contribution in [0.2, 0.25) is 0 Å². The SMILES string of the molecule is O=C(/C=C/C(=O)OCCCOC(=O)NCc1ccccc1)OCCCOC(=O)NCc1ccccc1. The number of carbonyl (C=O) groups excluding carboxylic acids is 4. The summed E-state index contributed by atoms with van der Waals surface area (Å²) in [6.45, 7) is 0.902. The second-order valence-corrected chi connectivity index (χ2v) is 7.33. The van der Waals surface area contributed by atoms with Crippen LogP contribution in [0.25, 0.3) is 0 Å². The molecule has 2 N–H and O–H groups in total. The molecule has 0 saturated heterocycles. The van der Waals surface area contributed by atoms with Gasteiger partial charge in [-0.25, -0.2) is 19.2 Å². The fourth-order valence-corrected chi connectivity index (χ4v) is 2.67. The second-order valence-electron chi connectivity index (χ2n) is 7.33. The summed E-state index contributed by atoms with van der Waals surface area (Å²) in [7, 11) is 0. The highest BCUT2D eigenvalue weighted by Crippen LogP contribution is 1.99. The minimum atomic E-state index is -0.723. The van der Waals surface area contributed by atoms with Crippen LogP contribution in [0.3, 0.4) is 0 Å². The molecule has 0 spiro atoms. The number of hydrogen-bond acceptors (Lipinski definition) is 8. The number of carbonyl (C=O) groups is 4. The Morgan fingerprint density at radius 2 is 0.917 bits per heavy atom. The number of ether oxygens (including phenoxy) is 4. The predicted octanol–water partition coefficient (Wildman–Crippen LogP) is 3.26. The molecule has 192 valence electrons. The van der Waals surface area contributed by atoms with Crippen LogP contribution >= 0.6 is 0 Å². The van der Waals surface area contributed by atoms with E-state index >= 15 is 0 Å². The Morgan fingerprint density at radius 1 is 0.556 bits per heavy atom. The average Bonchev–Trinajstić information content (AvgIpc) is 2.90. The number of amides is 2. The third kappa shape index (κ3) is 13.4. The van der Waals surface area contributed by atoms with E-state index in [9.17, 15) is 19.2 Å². The third-order valence-electron chi connectivity index (χ3n) is 4.45. The van der Waals surface area contributed by atoms with E-state index in [4.69, 9.17) is 18.9 Å². The summed E-state index contributed by atoms with van der Waals surface area (Å²) in [4.78, 5) is 46.4. The lowest BCUT2D eigenvalue weighted by Crippen LogP contribution is -2.24. The molecule has 2 aromatic carbocycles. The second kappa shape index (κ2) is 17.1. The topological polar surface area (TPSA) is 129 Å². The number of benzene rings is 2. The van der Waals surface area contributed by atoms with Crippen LogP contribution in [0.5, 0.6) is 0 Å². The molecule has 10 nitrogen and oxygen atoms in total. The number of alkyl carbamates (subject to hydrolysis) is 2. The van der Waals surface area contributed by atoms with Gasteiger partial charge < -0.3 is 29.6 Å². The van der Waals surface area contributed by atoms with E-state index in [1.165, 1.54) is 0 Å². The van der Waals surface area contributed by atoms with E-state index in [-0.39, 0.29) is 26.4 Å². The summed E-state index contributed by atoms with van der Waals surface area (Å²) >= 11 is 0. The van der Waals surface area contributed by atoms with Crippen molar-refractivity contribution in [1.82, 2.24) is 10.6 Å². The molecule has 0 fully saturated rings. The first-order chi connectivity index (χ1) is 17.5. The van der Waals surface area contributed by atoms with Crippen molar-refractivity contribution in [3.05, 3.63) is 83.9 Å². The Balaban J connectivity index is 1.43. The van der Waals surface area contributed by atoms with Gasteiger partial charge in [0, 0.05) is 38.1 Å². The van der Waals surface area contributed by atoms with Crippen LogP contribution in [0.1, 0.15) is 24.0 Å². The molecule has 2 rings (SSSR count). The molecule has 2 aromatic rings. The van der Waals surface area contributed by atoms with Gasteiger partial charge in [-0.05, 0) is 11.1 Å².